The van der Waals surface area contributed by atoms with E-state index in [-0.39, 0.29) is 18.8 Å². The smallest absolute Gasteiger partial charge is 0.0587 e. The molecule has 3 nitrogen and oxygen atoms in total. The lowest BCUT2D eigenvalue weighted by molar-refractivity contribution is 0.00469. The van der Waals surface area contributed by atoms with Gasteiger partial charge in [-0.05, 0) is 45.6 Å². The maximum Gasteiger partial charge on any atom is 0.0587 e. The Morgan fingerprint density at radius 1 is 1.38 bits per heavy atom. The summed E-state index contributed by atoms with van der Waals surface area (Å²) in [4.78, 5) is 2.25. The fraction of sp³-hybridized carbons (Fsp3) is 0.846. The molecule has 0 saturated carbocycles. The van der Waals surface area contributed by atoms with E-state index >= 15 is 0 Å². The Hall–Kier alpha value is -0.380. The standard InChI is InChI=1S/C13H23NO2/c1-14-11(9-15)7-12(16)8-13(14)10-5-3-2-4-6-10/h5,11-13,15-16H,2-4,6-9H2,1H3/t11-,12-,13+/m0/s1. The van der Waals surface area contributed by atoms with Crippen molar-refractivity contribution in [3.63, 3.8) is 0 Å². The summed E-state index contributed by atoms with van der Waals surface area (Å²) in [7, 11) is 2.08. The summed E-state index contributed by atoms with van der Waals surface area (Å²) in [5.74, 6) is 0. The van der Waals surface area contributed by atoms with Gasteiger partial charge in [0, 0.05) is 12.1 Å². The summed E-state index contributed by atoms with van der Waals surface area (Å²) < 4.78 is 0. The maximum absolute atomic E-state index is 9.86. The fourth-order valence-corrected chi connectivity index (χ4v) is 3.04. The largest absolute Gasteiger partial charge is 0.395 e. The predicted octanol–water partition coefficient (Wildman–Crippen LogP) is 1.30. The molecular formula is C13H23NO2. The van der Waals surface area contributed by atoms with E-state index in [4.69, 9.17) is 0 Å². The zero-order valence-electron chi connectivity index (χ0n) is 10.1. The molecule has 2 aliphatic rings. The van der Waals surface area contributed by atoms with Gasteiger partial charge in [0.05, 0.1) is 12.7 Å². The molecule has 0 aromatic heterocycles. The van der Waals surface area contributed by atoms with Gasteiger partial charge in [-0.15, -0.1) is 0 Å². The fourth-order valence-electron chi connectivity index (χ4n) is 3.04. The van der Waals surface area contributed by atoms with Crippen molar-refractivity contribution < 1.29 is 10.2 Å². The Labute approximate surface area is 97.8 Å². The molecule has 1 aliphatic carbocycles. The van der Waals surface area contributed by atoms with Crippen LogP contribution in [0.15, 0.2) is 11.6 Å². The van der Waals surface area contributed by atoms with Gasteiger partial charge < -0.3 is 10.2 Å². The molecule has 0 aromatic rings. The van der Waals surface area contributed by atoms with E-state index in [2.05, 4.69) is 18.0 Å². The minimum atomic E-state index is -0.249. The molecule has 2 N–H and O–H groups in total. The highest BCUT2D eigenvalue weighted by Crippen LogP contribution is 2.31. The third-order valence-electron chi connectivity index (χ3n) is 4.07. The van der Waals surface area contributed by atoms with Gasteiger partial charge in [0.1, 0.15) is 0 Å². The number of allylic oxidation sites excluding steroid dienone is 1. The average Bonchev–Trinajstić information content (AvgIpc) is 2.33. The van der Waals surface area contributed by atoms with Gasteiger partial charge in [-0.25, -0.2) is 0 Å². The summed E-state index contributed by atoms with van der Waals surface area (Å²) in [6, 6.07) is 0.470. The first kappa shape index (κ1) is 12.1. The molecule has 0 bridgehead atoms. The van der Waals surface area contributed by atoms with Gasteiger partial charge >= 0.3 is 0 Å². The maximum atomic E-state index is 9.86. The Balaban J connectivity index is 2.09. The molecule has 1 saturated heterocycles. The van der Waals surface area contributed by atoms with E-state index in [9.17, 15) is 10.2 Å². The zero-order valence-corrected chi connectivity index (χ0v) is 10.1. The number of hydrogen-bond acceptors (Lipinski definition) is 3. The van der Waals surface area contributed by atoms with Crippen LogP contribution in [0.1, 0.15) is 38.5 Å². The molecule has 3 heteroatoms. The van der Waals surface area contributed by atoms with Crippen LogP contribution >= 0.6 is 0 Å². The van der Waals surface area contributed by atoms with E-state index in [1.807, 2.05) is 0 Å². The number of likely N-dealkylation sites (tertiary alicyclic amines) is 1. The molecular weight excluding hydrogens is 202 g/mol. The lowest BCUT2D eigenvalue weighted by Crippen LogP contribution is -2.51. The molecule has 16 heavy (non-hydrogen) atoms. The second kappa shape index (κ2) is 5.30. The SMILES string of the molecule is CN1[C@H](CO)C[C@H](O)C[C@@H]1C1=CCCCC1. The Kier molecular flexibility index (Phi) is 4.00. The predicted molar refractivity (Wildman–Crippen MR) is 64.2 cm³/mol. The second-order valence-corrected chi connectivity index (χ2v) is 5.17. The van der Waals surface area contributed by atoms with Crippen molar-refractivity contribution in [1.82, 2.24) is 4.90 Å². The summed E-state index contributed by atoms with van der Waals surface area (Å²) >= 11 is 0. The van der Waals surface area contributed by atoms with Gasteiger partial charge in [0.2, 0.25) is 0 Å². The van der Waals surface area contributed by atoms with Gasteiger partial charge in [0.15, 0.2) is 0 Å². The van der Waals surface area contributed by atoms with E-state index < -0.39 is 0 Å². The molecule has 1 aliphatic heterocycles. The quantitative estimate of drug-likeness (QED) is 0.696. The number of rotatable bonds is 2. The van der Waals surface area contributed by atoms with Crippen LogP contribution in [0.25, 0.3) is 0 Å². The van der Waals surface area contributed by atoms with Crippen LogP contribution in [-0.4, -0.2) is 47.0 Å². The molecule has 0 unspecified atom stereocenters. The van der Waals surface area contributed by atoms with E-state index in [1.165, 1.54) is 31.3 Å². The van der Waals surface area contributed by atoms with Crippen molar-refractivity contribution in [3.05, 3.63) is 11.6 Å². The lowest BCUT2D eigenvalue weighted by atomic mass is 9.85. The Morgan fingerprint density at radius 2 is 2.19 bits per heavy atom. The van der Waals surface area contributed by atoms with Crippen molar-refractivity contribution in [3.8, 4) is 0 Å². The molecule has 0 radical (unpaired) electrons. The third kappa shape index (κ3) is 2.47. The van der Waals surface area contributed by atoms with Crippen LogP contribution in [0, 0.1) is 0 Å². The van der Waals surface area contributed by atoms with Crippen molar-refractivity contribution in [2.24, 2.45) is 0 Å². The summed E-state index contributed by atoms with van der Waals surface area (Å²) in [6.45, 7) is 0.150. The summed E-state index contributed by atoms with van der Waals surface area (Å²) in [5.41, 5.74) is 1.48. The molecule has 0 spiro atoms. The molecule has 1 heterocycles. The molecule has 1 fully saturated rings. The molecule has 2 rings (SSSR count). The van der Waals surface area contributed by atoms with Gasteiger partial charge in [0.25, 0.3) is 0 Å². The molecule has 92 valence electrons. The minimum Gasteiger partial charge on any atom is -0.395 e. The lowest BCUT2D eigenvalue weighted by Gasteiger charge is -2.42. The number of aliphatic hydroxyl groups excluding tert-OH is 2. The summed E-state index contributed by atoms with van der Waals surface area (Å²) in [5, 5.41) is 19.2. The monoisotopic (exact) mass is 225 g/mol. The van der Waals surface area contributed by atoms with E-state index in [1.54, 1.807) is 0 Å². The van der Waals surface area contributed by atoms with Crippen LogP contribution in [0.5, 0.6) is 0 Å². The normalized spacial score (nSPS) is 37.2. The number of nitrogens with zero attached hydrogens (tertiary/aromatic N) is 1. The number of piperidine rings is 1. The molecule has 0 aromatic carbocycles. The molecule has 3 atom stereocenters. The van der Waals surface area contributed by atoms with Crippen molar-refractivity contribution in [2.75, 3.05) is 13.7 Å². The Morgan fingerprint density at radius 3 is 2.81 bits per heavy atom. The van der Waals surface area contributed by atoms with Gasteiger partial charge in [-0.2, -0.15) is 0 Å². The zero-order chi connectivity index (χ0) is 11.5. The highest BCUT2D eigenvalue weighted by molar-refractivity contribution is 5.15. The second-order valence-electron chi connectivity index (χ2n) is 5.17. The van der Waals surface area contributed by atoms with Crippen LogP contribution in [0.3, 0.4) is 0 Å². The van der Waals surface area contributed by atoms with Crippen LogP contribution < -0.4 is 0 Å². The number of aliphatic hydroxyl groups is 2. The minimum absolute atomic E-state index is 0.122. The van der Waals surface area contributed by atoms with Crippen LogP contribution in [0.4, 0.5) is 0 Å². The average molecular weight is 225 g/mol. The first-order valence-electron chi connectivity index (χ1n) is 6.42. The first-order valence-corrected chi connectivity index (χ1v) is 6.42. The van der Waals surface area contributed by atoms with Crippen molar-refractivity contribution >= 4 is 0 Å². The number of hydrogen-bond donors (Lipinski definition) is 2. The van der Waals surface area contributed by atoms with Gasteiger partial charge in [-0.3, -0.25) is 4.90 Å². The van der Waals surface area contributed by atoms with Crippen LogP contribution in [0.2, 0.25) is 0 Å². The van der Waals surface area contributed by atoms with Crippen molar-refractivity contribution in [2.45, 2.75) is 56.7 Å². The first-order chi connectivity index (χ1) is 7.72. The highest BCUT2D eigenvalue weighted by atomic mass is 16.3. The van der Waals surface area contributed by atoms with Crippen molar-refractivity contribution in [1.29, 1.82) is 0 Å². The van der Waals surface area contributed by atoms with Crippen LogP contribution in [-0.2, 0) is 0 Å². The highest BCUT2D eigenvalue weighted by Gasteiger charge is 2.33. The third-order valence-corrected chi connectivity index (χ3v) is 4.07. The number of likely N-dealkylation sites (N-methyl/N-ethyl adjacent to an activating group) is 1. The summed E-state index contributed by atoms with van der Waals surface area (Å²) in [6.07, 6.45) is 8.55. The van der Waals surface area contributed by atoms with E-state index in [0.29, 0.717) is 12.5 Å². The van der Waals surface area contributed by atoms with E-state index in [0.717, 1.165) is 6.42 Å². The molecule has 0 amide bonds. The Bertz CT molecular complexity index is 265. The van der Waals surface area contributed by atoms with Gasteiger partial charge in [-0.1, -0.05) is 11.6 Å². The topological polar surface area (TPSA) is 43.7 Å².